The Balaban J connectivity index is 1.94. The molecule has 1 amide bonds. The molecule has 0 atom stereocenters. The highest BCUT2D eigenvalue weighted by atomic mass is 16.1. The van der Waals surface area contributed by atoms with Crippen LogP contribution in [0.1, 0.15) is 23.1 Å². The van der Waals surface area contributed by atoms with Crippen LogP contribution in [0.3, 0.4) is 0 Å². The number of carbonyl (C=O) groups excluding carboxylic acids is 1. The first-order valence-electron chi connectivity index (χ1n) is 6.82. The number of nitrogens with one attached hydrogen (secondary N) is 1. The highest BCUT2D eigenvalue weighted by Crippen LogP contribution is 2.17. The molecule has 0 aliphatic carbocycles. The van der Waals surface area contributed by atoms with Gasteiger partial charge in [-0.15, -0.1) is 0 Å². The number of hydrogen-bond donors (Lipinski definition) is 2. The van der Waals surface area contributed by atoms with Gasteiger partial charge in [-0.3, -0.25) is 4.79 Å². The summed E-state index contributed by atoms with van der Waals surface area (Å²) in [5.41, 5.74) is 9.72. The van der Waals surface area contributed by atoms with Crippen LogP contribution >= 0.6 is 0 Å². The predicted molar refractivity (Wildman–Crippen MR) is 82.5 cm³/mol. The predicted octanol–water partition coefficient (Wildman–Crippen LogP) is 3.03. The first-order chi connectivity index (χ1) is 9.69. The lowest BCUT2D eigenvalue weighted by Crippen LogP contribution is -2.13. The third-order valence-electron chi connectivity index (χ3n) is 3.30. The van der Waals surface area contributed by atoms with Gasteiger partial charge in [-0.1, -0.05) is 42.5 Å². The van der Waals surface area contributed by atoms with Gasteiger partial charge in [0.15, 0.2) is 0 Å². The Labute approximate surface area is 119 Å². The molecule has 2 rings (SSSR count). The molecule has 3 nitrogen and oxygen atoms in total. The van der Waals surface area contributed by atoms with Crippen LogP contribution < -0.4 is 11.1 Å². The van der Waals surface area contributed by atoms with Crippen LogP contribution in [-0.2, 0) is 17.8 Å². The first kappa shape index (κ1) is 14.3. The van der Waals surface area contributed by atoms with Crippen molar-refractivity contribution in [3.05, 3.63) is 65.2 Å². The van der Waals surface area contributed by atoms with Crippen molar-refractivity contribution in [2.24, 2.45) is 5.73 Å². The van der Waals surface area contributed by atoms with Gasteiger partial charge in [-0.05, 0) is 36.1 Å². The molecule has 20 heavy (non-hydrogen) atoms. The third kappa shape index (κ3) is 3.93. The number of aryl methyl sites for hydroxylation is 2. The third-order valence-corrected chi connectivity index (χ3v) is 3.30. The zero-order valence-corrected chi connectivity index (χ0v) is 11.7. The van der Waals surface area contributed by atoms with Crippen molar-refractivity contribution >= 4 is 11.6 Å². The van der Waals surface area contributed by atoms with Gasteiger partial charge in [-0.2, -0.15) is 0 Å². The molecule has 0 heterocycles. The largest absolute Gasteiger partial charge is 0.326 e. The van der Waals surface area contributed by atoms with Gasteiger partial charge in [0.25, 0.3) is 0 Å². The summed E-state index contributed by atoms with van der Waals surface area (Å²) >= 11 is 0. The van der Waals surface area contributed by atoms with E-state index in [1.165, 1.54) is 5.56 Å². The molecule has 2 aromatic rings. The van der Waals surface area contributed by atoms with E-state index in [1.807, 2.05) is 55.5 Å². The molecule has 0 unspecified atom stereocenters. The molecule has 0 aromatic heterocycles. The van der Waals surface area contributed by atoms with Gasteiger partial charge in [0.05, 0.1) is 0 Å². The number of rotatable bonds is 5. The minimum atomic E-state index is 0.0334. The molecular formula is C17H20N2O. The average Bonchev–Trinajstić information content (AvgIpc) is 2.48. The number of hydrogen-bond acceptors (Lipinski definition) is 2. The number of amides is 1. The lowest BCUT2D eigenvalue weighted by molar-refractivity contribution is -0.116. The molecule has 3 heteroatoms. The molecule has 104 valence electrons. The van der Waals surface area contributed by atoms with Crippen molar-refractivity contribution in [3.63, 3.8) is 0 Å². The van der Waals surface area contributed by atoms with Gasteiger partial charge >= 0.3 is 0 Å². The van der Waals surface area contributed by atoms with E-state index < -0.39 is 0 Å². The maximum Gasteiger partial charge on any atom is 0.224 e. The van der Waals surface area contributed by atoms with E-state index in [4.69, 9.17) is 5.73 Å². The SMILES string of the molecule is Cc1ccc(CN)cc1NC(=O)CCc1ccccc1. The van der Waals surface area contributed by atoms with Gasteiger partial charge in [0.2, 0.25) is 5.91 Å². The van der Waals surface area contributed by atoms with Crippen LogP contribution in [-0.4, -0.2) is 5.91 Å². The summed E-state index contributed by atoms with van der Waals surface area (Å²) < 4.78 is 0. The Kier molecular flexibility index (Phi) is 4.91. The van der Waals surface area contributed by atoms with Crippen molar-refractivity contribution in [2.75, 3.05) is 5.32 Å². The second kappa shape index (κ2) is 6.87. The molecular weight excluding hydrogens is 248 g/mol. The van der Waals surface area contributed by atoms with Crippen LogP contribution in [0.5, 0.6) is 0 Å². The number of nitrogens with two attached hydrogens (primary N) is 1. The van der Waals surface area contributed by atoms with E-state index in [9.17, 15) is 4.79 Å². The Bertz CT molecular complexity index is 579. The molecule has 0 aliphatic heterocycles. The van der Waals surface area contributed by atoms with Crippen molar-refractivity contribution in [2.45, 2.75) is 26.3 Å². The van der Waals surface area contributed by atoms with Gasteiger partial charge in [-0.25, -0.2) is 0 Å². The quantitative estimate of drug-likeness (QED) is 0.875. The van der Waals surface area contributed by atoms with Crippen molar-refractivity contribution < 1.29 is 4.79 Å². The number of carbonyl (C=O) groups is 1. The average molecular weight is 268 g/mol. The van der Waals surface area contributed by atoms with E-state index in [2.05, 4.69) is 5.32 Å². The highest BCUT2D eigenvalue weighted by Gasteiger charge is 2.06. The molecule has 0 aliphatic rings. The molecule has 2 aromatic carbocycles. The maximum atomic E-state index is 12.0. The van der Waals surface area contributed by atoms with E-state index in [-0.39, 0.29) is 5.91 Å². The summed E-state index contributed by atoms with van der Waals surface area (Å²) in [4.78, 5) is 12.0. The summed E-state index contributed by atoms with van der Waals surface area (Å²) in [5, 5.41) is 2.96. The maximum absolute atomic E-state index is 12.0. The second-order valence-electron chi connectivity index (χ2n) is 4.89. The van der Waals surface area contributed by atoms with Crippen LogP contribution in [0.4, 0.5) is 5.69 Å². The zero-order valence-electron chi connectivity index (χ0n) is 11.7. The first-order valence-corrected chi connectivity index (χ1v) is 6.82. The van der Waals surface area contributed by atoms with Gasteiger partial charge in [0.1, 0.15) is 0 Å². The summed E-state index contributed by atoms with van der Waals surface area (Å²) in [6, 6.07) is 15.9. The Morgan fingerprint density at radius 1 is 1.10 bits per heavy atom. The highest BCUT2D eigenvalue weighted by molar-refractivity contribution is 5.91. The number of anilines is 1. The summed E-state index contributed by atoms with van der Waals surface area (Å²) in [6.07, 6.45) is 1.23. The van der Waals surface area contributed by atoms with Crippen molar-refractivity contribution in [1.82, 2.24) is 0 Å². The topological polar surface area (TPSA) is 55.1 Å². The Morgan fingerprint density at radius 3 is 2.55 bits per heavy atom. The van der Waals surface area contributed by atoms with Gasteiger partial charge < -0.3 is 11.1 Å². The normalized spacial score (nSPS) is 10.3. The Hall–Kier alpha value is -2.13. The molecule has 0 bridgehead atoms. The van der Waals surface area contributed by atoms with E-state index in [0.29, 0.717) is 13.0 Å². The molecule has 0 saturated heterocycles. The Morgan fingerprint density at radius 2 is 1.85 bits per heavy atom. The fourth-order valence-electron chi connectivity index (χ4n) is 2.05. The molecule has 0 fully saturated rings. The standard InChI is InChI=1S/C17H20N2O/c1-13-7-8-15(12-18)11-16(13)19-17(20)10-9-14-5-3-2-4-6-14/h2-8,11H,9-10,12,18H2,1H3,(H,19,20). The molecule has 0 saturated carbocycles. The lowest BCUT2D eigenvalue weighted by atomic mass is 10.1. The van der Waals surface area contributed by atoms with Crippen LogP contribution in [0.25, 0.3) is 0 Å². The smallest absolute Gasteiger partial charge is 0.224 e. The minimum absolute atomic E-state index is 0.0334. The monoisotopic (exact) mass is 268 g/mol. The summed E-state index contributed by atoms with van der Waals surface area (Å²) in [5.74, 6) is 0.0334. The van der Waals surface area contributed by atoms with E-state index in [1.54, 1.807) is 0 Å². The number of benzene rings is 2. The summed E-state index contributed by atoms with van der Waals surface area (Å²) in [7, 11) is 0. The van der Waals surface area contributed by atoms with Crippen molar-refractivity contribution in [1.29, 1.82) is 0 Å². The van der Waals surface area contributed by atoms with Crippen LogP contribution in [0.2, 0.25) is 0 Å². The van der Waals surface area contributed by atoms with Crippen LogP contribution in [0.15, 0.2) is 48.5 Å². The summed E-state index contributed by atoms with van der Waals surface area (Å²) in [6.45, 7) is 2.46. The lowest BCUT2D eigenvalue weighted by Gasteiger charge is -2.10. The fraction of sp³-hybridized carbons (Fsp3) is 0.235. The van der Waals surface area contributed by atoms with E-state index >= 15 is 0 Å². The zero-order chi connectivity index (χ0) is 14.4. The minimum Gasteiger partial charge on any atom is -0.326 e. The van der Waals surface area contributed by atoms with Crippen molar-refractivity contribution in [3.8, 4) is 0 Å². The van der Waals surface area contributed by atoms with Gasteiger partial charge in [0, 0.05) is 18.7 Å². The second-order valence-corrected chi connectivity index (χ2v) is 4.89. The van der Waals surface area contributed by atoms with Crippen LogP contribution in [0, 0.1) is 6.92 Å². The molecule has 0 radical (unpaired) electrons. The van der Waals surface area contributed by atoms with E-state index in [0.717, 1.165) is 23.2 Å². The fourth-order valence-corrected chi connectivity index (χ4v) is 2.05. The molecule has 3 N–H and O–H groups in total. The molecule has 0 spiro atoms.